The van der Waals surface area contributed by atoms with Crippen LogP contribution in [0.1, 0.15) is 38.3 Å². The number of rotatable bonds is 9. The summed E-state index contributed by atoms with van der Waals surface area (Å²) in [6, 6.07) is 12.4. The van der Waals surface area contributed by atoms with E-state index in [0.717, 1.165) is 22.0 Å². The van der Waals surface area contributed by atoms with Gasteiger partial charge in [0.15, 0.2) is 6.61 Å². The number of hydrogen-bond donors (Lipinski definition) is 1. The van der Waals surface area contributed by atoms with Crippen LogP contribution >= 0.6 is 27.5 Å². The van der Waals surface area contributed by atoms with Gasteiger partial charge < -0.3 is 15.0 Å². The molecule has 2 aromatic rings. The molecule has 5 nitrogen and oxygen atoms in total. The Morgan fingerprint density at radius 3 is 2.53 bits per heavy atom. The summed E-state index contributed by atoms with van der Waals surface area (Å²) < 4.78 is 6.48. The van der Waals surface area contributed by atoms with Crippen molar-refractivity contribution in [3.63, 3.8) is 0 Å². The van der Waals surface area contributed by atoms with Gasteiger partial charge >= 0.3 is 0 Å². The second kappa shape index (κ2) is 11.4. The normalized spacial score (nSPS) is 12.7. The first kappa shape index (κ1) is 24.2. The van der Waals surface area contributed by atoms with Crippen LogP contribution < -0.4 is 10.1 Å². The third-order valence-electron chi connectivity index (χ3n) is 5.02. The Morgan fingerprint density at radius 1 is 1.20 bits per heavy atom. The van der Waals surface area contributed by atoms with Gasteiger partial charge in [0.25, 0.3) is 5.91 Å². The highest BCUT2D eigenvalue weighted by Gasteiger charge is 2.27. The number of nitrogens with one attached hydrogen (secondary N) is 1. The molecule has 1 N–H and O–H groups in total. The van der Waals surface area contributed by atoms with E-state index in [0.29, 0.717) is 17.3 Å². The molecule has 0 aliphatic rings. The van der Waals surface area contributed by atoms with Gasteiger partial charge in [-0.3, -0.25) is 9.59 Å². The van der Waals surface area contributed by atoms with E-state index in [1.165, 1.54) is 0 Å². The monoisotopic (exact) mass is 494 g/mol. The Morgan fingerprint density at radius 2 is 1.90 bits per heavy atom. The van der Waals surface area contributed by atoms with Crippen LogP contribution in [0.25, 0.3) is 0 Å². The van der Waals surface area contributed by atoms with Crippen molar-refractivity contribution in [2.75, 3.05) is 6.61 Å². The number of carbonyl (C=O) groups is 2. The van der Waals surface area contributed by atoms with Crippen molar-refractivity contribution < 1.29 is 14.3 Å². The number of hydrogen-bond acceptors (Lipinski definition) is 3. The lowest BCUT2D eigenvalue weighted by Crippen LogP contribution is -2.50. The van der Waals surface area contributed by atoms with Gasteiger partial charge in [-0.2, -0.15) is 0 Å². The van der Waals surface area contributed by atoms with Gasteiger partial charge in [0, 0.05) is 17.1 Å². The molecule has 0 aliphatic carbocycles. The molecule has 2 rings (SSSR count). The van der Waals surface area contributed by atoms with Crippen LogP contribution in [-0.4, -0.2) is 35.4 Å². The molecule has 162 valence electrons. The lowest BCUT2D eigenvalue weighted by atomic mass is 10.1. The average molecular weight is 496 g/mol. The number of ether oxygens (including phenoxy) is 1. The third-order valence-corrected chi connectivity index (χ3v) is 5.80. The molecule has 2 aromatic carbocycles. The van der Waals surface area contributed by atoms with Gasteiger partial charge in [-0.1, -0.05) is 58.7 Å². The molecule has 30 heavy (non-hydrogen) atoms. The predicted octanol–water partition coefficient (Wildman–Crippen LogP) is 5.12. The summed E-state index contributed by atoms with van der Waals surface area (Å²) >= 11 is 9.53. The summed E-state index contributed by atoms with van der Waals surface area (Å²) in [7, 11) is 0. The molecule has 0 radical (unpaired) electrons. The van der Waals surface area contributed by atoms with Gasteiger partial charge in [0.1, 0.15) is 11.8 Å². The molecule has 0 aliphatic heterocycles. The summed E-state index contributed by atoms with van der Waals surface area (Å²) in [4.78, 5) is 27.4. The molecule has 0 heterocycles. The number of halogens is 2. The summed E-state index contributed by atoms with van der Waals surface area (Å²) in [5, 5.41) is 3.36. The Kier molecular flexibility index (Phi) is 9.18. The van der Waals surface area contributed by atoms with E-state index in [-0.39, 0.29) is 24.5 Å². The van der Waals surface area contributed by atoms with Crippen LogP contribution in [0.15, 0.2) is 46.9 Å². The number of amides is 2. The molecule has 2 atom stereocenters. The fourth-order valence-electron chi connectivity index (χ4n) is 2.83. The van der Waals surface area contributed by atoms with E-state index in [1.807, 2.05) is 45.0 Å². The number of carbonyl (C=O) groups excluding carboxylic acids is 2. The first-order chi connectivity index (χ1) is 14.2. The maximum absolute atomic E-state index is 13.1. The Bertz CT molecular complexity index is 891. The summed E-state index contributed by atoms with van der Waals surface area (Å²) in [5.41, 5.74) is 2.04. The lowest BCUT2D eigenvalue weighted by molar-refractivity contribution is -0.142. The van der Waals surface area contributed by atoms with Crippen molar-refractivity contribution in [3.8, 4) is 5.75 Å². The molecular formula is C23H28BrClN2O3. The third kappa shape index (κ3) is 6.74. The summed E-state index contributed by atoms with van der Waals surface area (Å²) in [6.45, 7) is 7.77. The predicted molar refractivity (Wildman–Crippen MR) is 124 cm³/mol. The van der Waals surface area contributed by atoms with Crippen LogP contribution in [0.4, 0.5) is 0 Å². The van der Waals surface area contributed by atoms with Gasteiger partial charge in [-0.05, 0) is 56.5 Å². The second-order valence-electron chi connectivity index (χ2n) is 7.31. The second-order valence-corrected chi connectivity index (χ2v) is 8.63. The minimum absolute atomic E-state index is 0.0354. The zero-order valence-corrected chi connectivity index (χ0v) is 20.1. The van der Waals surface area contributed by atoms with Crippen LogP contribution in [0.3, 0.4) is 0 Å². The molecule has 7 heteroatoms. The van der Waals surface area contributed by atoms with E-state index in [1.54, 1.807) is 30.0 Å². The van der Waals surface area contributed by atoms with Crippen LogP contribution in [0.5, 0.6) is 5.75 Å². The fourth-order valence-corrected chi connectivity index (χ4v) is 3.56. The number of benzene rings is 2. The van der Waals surface area contributed by atoms with Gasteiger partial charge in [-0.25, -0.2) is 0 Å². The molecule has 0 fully saturated rings. The number of nitrogens with zero attached hydrogens (tertiary/aromatic N) is 1. The zero-order chi connectivity index (χ0) is 22.3. The van der Waals surface area contributed by atoms with Gasteiger partial charge in [0.2, 0.25) is 5.91 Å². The highest BCUT2D eigenvalue weighted by molar-refractivity contribution is 9.10. The topological polar surface area (TPSA) is 58.6 Å². The fraction of sp³-hybridized carbons (Fsp3) is 0.391. The van der Waals surface area contributed by atoms with E-state index in [4.69, 9.17) is 16.3 Å². The van der Waals surface area contributed by atoms with Crippen molar-refractivity contribution in [3.05, 3.63) is 63.1 Å². The molecule has 0 aromatic heterocycles. The SMILES string of the molecule is CC[C@H](C)NC(=O)[C@H](C)N(Cc1ccccc1C)C(=O)COc1ccc(Br)cc1Cl. The first-order valence-electron chi connectivity index (χ1n) is 9.95. The van der Waals surface area contributed by atoms with Crippen molar-refractivity contribution in [2.45, 2.75) is 52.7 Å². The maximum atomic E-state index is 13.1. The quantitative estimate of drug-likeness (QED) is 0.525. The van der Waals surface area contributed by atoms with Gasteiger partial charge in [-0.15, -0.1) is 0 Å². The van der Waals surface area contributed by atoms with E-state index >= 15 is 0 Å². The van der Waals surface area contributed by atoms with E-state index < -0.39 is 6.04 Å². The highest BCUT2D eigenvalue weighted by Crippen LogP contribution is 2.27. The molecule has 0 saturated carbocycles. The molecule has 0 spiro atoms. The highest BCUT2D eigenvalue weighted by atomic mass is 79.9. The minimum Gasteiger partial charge on any atom is -0.482 e. The maximum Gasteiger partial charge on any atom is 0.261 e. The Labute approximate surface area is 191 Å². The van der Waals surface area contributed by atoms with Crippen LogP contribution in [-0.2, 0) is 16.1 Å². The molecule has 2 amide bonds. The van der Waals surface area contributed by atoms with Crippen LogP contribution in [0.2, 0.25) is 5.02 Å². The molecular weight excluding hydrogens is 468 g/mol. The summed E-state index contributed by atoms with van der Waals surface area (Å²) in [5.74, 6) is -0.0576. The standard InChI is InChI=1S/C23H28BrClN2O3/c1-5-16(3)26-23(29)17(4)27(13-18-9-7-6-8-15(18)2)22(28)14-30-21-11-10-19(24)12-20(21)25/h6-12,16-17H,5,13-14H2,1-4H3,(H,26,29)/t16-,17-/m0/s1. The van der Waals surface area contributed by atoms with Crippen molar-refractivity contribution in [2.24, 2.45) is 0 Å². The van der Waals surface area contributed by atoms with Crippen molar-refractivity contribution in [1.29, 1.82) is 0 Å². The average Bonchev–Trinajstić information content (AvgIpc) is 2.71. The van der Waals surface area contributed by atoms with Crippen LogP contribution in [0, 0.1) is 6.92 Å². The Hall–Kier alpha value is -2.05. The molecule has 0 bridgehead atoms. The lowest BCUT2D eigenvalue weighted by Gasteiger charge is -2.30. The zero-order valence-electron chi connectivity index (χ0n) is 17.7. The molecule has 0 saturated heterocycles. The Balaban J connectivity index is 2.19. The smallest absolute Gasteiger partial charge is 0.261 e. The van der Waals surface area contributed by atoms with Crippen molar-refractivity contribution >= 4 is 39.3 Å². The molecule has 0 unspecified atom stereocenters. The largest absolute Gasteiger partial charge is 0.482 e. The number of aryl methyl sites for hydroxylation is 1. The first-order valence-corrected chi connectivity index (χ1v) is 11.1. The minimum atomic E-state index is -0.643. The van der Waals surface area contributed by atoms with Crippen molar-refractivity contribution in [1.82, 2.24) is 10.2 Å². The van der Waals surface area contributed by atoms with E-state index in [2.05, 4.69) is 21.2 Å². The van der Waals surface area contributed by atoms with E-state index in [9.17, 15) is 9.59 Å². The summed E-state index contributed by atoms with van der Waals surface area (Å²) in [6.07, 6.45) is 0.815. The van der Waals surface area contributed by atoms with Gasteiger partial charge in [0.05, 0.1) is 5.02 Å².